The second kappa shape index (κ2) is 5.79. The second-order valence-electron chi connectivity index (χ2n) is 5.15. The molecule has 0 saturated heterocycles. The van der Waals surface area contributed by atoms with E-state index in [0.29, 0.717) is 12.3 Å². The summed E-state index contributed by atoms with van der Waals surface area (Å²) in [5.74, 6) is 1.33. The van der Waals surface area contributed by atoms with Crippen molar-refractivity contribution in [1.29, 1.82) is 0 Å². The zero-order valence-corrected chi connectivity index (χ0v) is 12.6. The van der Waals surface area contributed by atoms with Gasteiger partial charge in [-0.25, -0.2) is 14.6 Å². The number of aryl methyl sites for hydroxylation is 2. The largest absolute Gasteiger partial charge is 0.387 e. The van der Waals surface area contributed by atoms with E-state index < -0.39 is 6.10 Å². The van der Waals surface area contributed by atoms with Crippen LogP contribution in [0.5, 0.6) is 0 Å². The maximum atomic E-state index is 10.3. The van der Waals surface area contributed by atoms with Crippen molar-refractivity contribution in [2.24, 2.45) is 5.92 Å². The standard InChI is InChI=1S/C13H20N4OS/c1-8(2)6-17-12(14-7-15-17)5-11(18)13-9(3)16-10(4)19-13/h7-8,11,18H,5-6H2,1-4H3. The highest BCUT2D eigenvalue weighted by Gasteiger charge is 2.18. The summed E-state index contributed by atoms with van der Waals surface area (Å²) in [7, 11) is 0. The molecule has 0 aromatic carbocycles. The summed E-state index contributed by atoms with van der Waals surface area (Å²) < 4.78 is 1.87. The van der Waals surface area contributed by atoms with Crippen molar-refractivity contribution in [3.63, 3.8) is 0 Å². The van der Waals surface area contributed by atoms with Crippen LogP contribution in [-0.4, -0.2) is 24.9 Å². The third-order valence-electron chi connectivity index (χ3n) is 2.85. The van der Waals surface area contributed by atoms with Crippen LogP contribution in [-0.2, 0) is 13.0 Å². The Balaban J connectivity index is 2.13. The Morgan fingerprint density at radius 1 is 1.37 bits per heavy atom. The Bertz CT molecular complexity index is 547. The van der Waals surface area contributed by atoms with E-state index in [-0.39, 0.29) is 0 Å². The molecule has 0 bridgehead atoms. The summed E-state index contributed by atoms with van der Waals surface area (Å²) in [6, 6.07) is 0. The smallest absolute Gasteiger partial charge is 0.138 e. The summed E-state index contributed by atoms with van der Waals surface area (Å²) in [6.07, 6.45) is 1.48. The number of aliphatic hydroxyl groups excluding tert-OH is 1. The number of hydrogen-bond acceptors (Lipinski definition) is 5. The molecule has 0 aliphatic heterocycles. The first-order chi connectivity index (χ1) is 8.97. The number of nitrogens with zero attached hydrogens (tertiary/aromatic N) is 4. The van der Waals surface area contributed by atoms with Crippen molar-refractivity contribution >= 4 is 11.3 Å². The van der Waals surface area contributed by atoms with Gasteiger partial charge >= 0.3 is 0 Å². The molecule has 1 N–H and O–H groups in total. The number of hydrogen-bond donors (Lipinski definition) is 1. The quantitative estimate of drug-likeness (QED) is 0.912. The van der Waals surface area contributed by atoms with Gasteiger partial charge in [-0.3, -0.25) is 0 Å². The Kier molecular flexibility index (Phi) is 4.31. The average Bonchev–Trinajstić information content (AvgIpc) is 2.85. The maximum Gasteiger partial charge on any atom is 0.138 e. The molecule has 0 saturated carbocycles. The molecule has 5 nitrogen and oxygen atoms in total. The van der Waals surface area contributed by atoms with Gasteiger partial charge in [0.15, 0.2) is 0 Å². The Labute approximate surface area is 117 Å². The fourth-order valence-electron chi connectivity index (χ4n) is 2.07. The summed E-state index contributed by atoms with van der Waals surface area (Å²) in [6.45, 7) is 8.98. The molecular formula is C13H20N4OS. The van der Waals surface area contributed by atoms with Gasteiger partial charge in [0.2, 0.25) is 0 Å². The Hall–Kier alpha value is -1.27. The molecule has 0 spiro atoms. The zero-order chi connectivity index (χ0) is 14.0. The van der Waals surface area contributed by atoms with Crippen molar-refractivity contribution in [2.45, 2.75) is 46.8 Å². The van der Waals surface area contributed by atoms with Gasteiger partial charge in [-0.2, -0.15) is 5.10 Å². The van der Waals surface area contributed by atoms with E-state index in [0.717, 1.165) is 27.9 Å². The first kappa shape index (κ1) is 14.1. The van der Waals surface area contributed by atoms with Crippen molar-refractivity contribution in [1.82, 2.24) is 19.7 Å². The maximum absolute atomic E-state index is 10.3. The molecule has 2 heterocycles. The molecule has 0 fully saturated rings. The molecule has 0 aliphatic rings. The number of rotatable bonds is 5. The summed E-state index contributed by atoms with van der Waals surface area (Å²) in [4.78, 5) is 9.52. The summed E-state index contributed by atoms with van der Waals surface area (Å²) in [5, 5.41) is 15.5. The van der Waals surface area contributed by atoms with Crippen LogP contribution in [0.2, 0.25) is 0 Å². The summed E-state index contributed by atoms with van der Waals surface area (Å²) in [5.41, 5.74) is 0.907. The van der Waals surface area contributed by atoms with E-state index in [4.69, 9.17) is 0 Å². The van der Waals surface area contributed by atoms with Gasteiger partial charge in [-0.15, -0.1) is 11.3 Å². The second-order valence-corrected chi connectivity index (χ2v) is 6.39. The van der Waals surface area contributed by atoms with Gasteiger partial charge in [0.1, 0.15) is 12.2 Å². The lowest BCUT2D eigenvalue weighted by atomic mass is 10.1. The normalized spacial score (nSPS) is 13.2. The van der Waals surface area contributed by atoms with Crippen LogP contribution >= 0.6 is 11.3 Å². The van der Waals surface area contributed by atoms with Gasteiger partial charge in [0, 0.05) is 13.0 Å². The van der Waals surface area contributed by atoms with Crippen LogP contribution in [0.25, 0.3) is 0 Å². The summed E-state index contributed by atoms with van der Waals surface area (Å²) >= 11 is 1.55. The highest BCUT2D eigenvalue weighted by molar-refractivity contribution is 7.11. The highest BCUT2D eigenvalue weighted by atomic mass is 32.1. The molecule has 0 aliphatic carbocycles. The van der Waals surface area contributed by atoms with Crippen LogP contribution in [0, 0.1) is 19.8 Å². The van der Waals surface area contributed by atoms with Crippen molar-refractivity contribution in [2.75, 3.05) is 0 Å². The van der Waals surface area contributed by atoms with Crippen LogP contribution < -0.4 is 0 Å². The molecule has 2 rings (SSSR count). The lowest BCUT2D eigenvalue weighted by Crippen LogP contribution is -2.13. The molecule has 104 valence electrons. The number of aromatic nitrogens is 4. The van der Waals surface area contributed by atoms with Crippen LogP contribution in [0.15, 0.2) is 6.33 Å². The van der Waals surface area contributed by atoms with Crippen LogP contribution in [0.3, 0.4) is 0 Å². The van der Waals surface area contributed by atoms with E-state index in [2.05, 4.69) is 28.9 Å². The van der Waals surface area contributed by atoms with Gasteiger partial charge in [0.25, 0.3) is 0 Å². The minimum atomic E-state index is -0.554. The predicted octanol–water partition coefficient (Wildman–Crippen LogP) is 2.28. The fourth-order valence-corrected chi connectivity index (χ4v) is 2.98. The Morgan fingerprint density at radius 3 is 2.68 bits per heavy atom. The molecule has 1 unspecified atom stereocenters. The average molecular weight is 280 g/mol. The van der Waals surface area contributed by atoms with Crippen LogP contribution in [0.1, 0.15) is 41.4 Å². The minimum Gasteiger partial charge on any atom is -0.387 e. The fraction of sp³-hybridized carbons (Fsp3) is 0.615. The van der Waals surface area contributed by atoms with Gasteiger partial charge in [-0.05, 0) is 19.8 Å². The van der Waals surface area contributed by atoms with E-state index in [9.17, 15) is 5.11 Å². The highest BCUT2D eigenvalue weighted by Crippen LogP contribution is 2.26. The van der Waals surface area contributed by atoms with Gasteiger partial charge in [-0.1, -0.05) is 13.8 Å². The van der Waals surface area contributed by atoms with E-state index in [1.165, 1.54) is 0 Å². The van der Waals surface area contributed by atoms with Crippen LogP contribution in [0.4, 0.5) is 0 Å². The third-order valence-corrected chi connectivity index (χ3v) is 4.03. The molecule has 0 radical (unpaired) electrons. The van der Waals surface area contributed by atoms with E-state index in [1.54, 1.807) is 17.7 Å². The lowest BCUT2D eigenvalue weighted by Gasteiger charge is -2.11. The third kappa shape index (κ3) is 3.39. The predicted molar refractivity (Wildman–Crippen MR) is 75.1 cm³/mol. The number of thiazole rings is 1. The lowest BCUT2D eigenvalue weighted by molar-refractivity contribution is 0.176. The first-order valence-corrected chi connectivity index (χ1v) is 7.27. The number of aliphatic hydroxyl groups is 1. The molecule has 0 amide bonds. The van der Waals surface area contributed by atoms with Gasteiger partial charge < -0.3 is 5.11 Å². The SMILES string of the molecule is Cc1nc(C)c(C(O)Cc2ncnn2CC(C)C)s1. The molecule has 2 aromatic heterocycles. The monoisotopic (exact) mass is 280 g/mol. The Morgan fingerprint density at radius 2 is 2.11 bits per heavy atom. The molecule has 19 heavy (non-hydrogen) atoms. The molecule has 2 aromatic rings. The molecule has 6 heteroatoms. The molecular weight excluding hydrogens is 260 g/mol. The van der Waals surface area contributed by atoms with Crippen molar-refractivity contribution in [3.05, 3.63) is 27.7 Å². The van der Waals surface area contributed by atoms with Crippen molar-refractivity contribution < 1.29 is 5.11 Å². The van der Waals surface area contributed by atoms with Gasteiger partial charge in [0.05, 0.1) is 21.7 Å². The van der Waals surface area contributed by atoms with E-state index in [1.807, 2.05) is 18.5 Å². The van der Waals surface area contributed by atoms with Crippen molar-refractivity contribution in [3.8, 4) is 0 Å². The topological polar surface area (TPSA) is 63.8 Å². The molecule has 1 atom stereocenters. The first-order valence-electron chi connectivity index (χ1n) is 6.46. The zero-order valence-electron chi connectivity index (χ0n) is 11.8. The minimum absolute atomic E-state index is 0.481. The van der Waals surface area contributed by atoms with E-state index >= 15 is 0 Å².